The number of ether oxygens (including phenoxy) is 1. The topological polar surface area (TPSA) is 92.8 Å². The molecule has 0 saturated carbocycles. The van der Waals surface area contributed by atoms with E-state index in [1.165, 1.54) is 41.7 Å². The molecule has 0 fully saturated rings. The number of benzene rings is 2. The minimum Gasteiger partial charge on any atom is -0.462 e. The van der Waals surface area contributed by atoms with Crippen LogP contribution >= 0.6 is 34.5 Å². The average Bonchev–Trinajstić information content (AvgIpc) is 3.38. The van der Waals surface area contributed by atoms with Gasteiger partial charge < -0.3 is 10.1 Å². The summed E-state index contributed by atoms with van der Waals surface area (Å²) in [5.41, 5.74) is 1.38. The lowest BCUT2D eigenvalue weighted by molar-refractivity contribution is -0.114. The number of amides is 1. The van der Waals surface area contributed by atoms with Crippen molar-refractivity contribution in [1.29, 1.82) is 0 Å². The van der Waals surface area contributed by atoms with E-state index in [1.54, 1.807) is 25.1 Å². The van der Waals surface area contributed by atoms with Gasteiger partial charge in [0, 0.05) is 14.9 Å². The van der Waals surface area contributed by atoms with Gasteiger partial charge in [-0.05, 0) is 62.1 Å². The SMILES string of the molecule is CCOC(=O)c1c(NC(=O)CN(c2cc(Cl)cc(Cl)c2)S(=O)(=O)c2ccccc2)sc2c1CCC2. The molecule has 0 unspecified atom stereocenters. The van der Waals surface area contributed by atoms with Gasteiger partial charge in [-0.2, -0.15) is 0 Å². The molecule has 1 aliphatic rings. The number of hydrogen-bond acceptors (Lipinski definition) is 6. The summed E-state index contributed by atoms with van der Waals surface area (Å²) < 4.78 is 33.2. The summed E-state index contributed by atoms with van der Waals surface area (Å²) >= 11 is 13.6. The molecule has 1 aliphatic carbocycles. The molecule has 3 aromatic rings. The first-order chi connectivity index (χ1) is 16.7. The number of hydrogen-bond donors (Lipinski definition) is 1. The maximum Gasteiger partial charge on any atom is 0.341 e. The third-order valence-electron chi connectivity index (χ3n) is 5.41. The summed E-state index contributed by atoms with van der Waals surface area (Å²) in [6.07, 6.45) is 2.48. The second-order valence-corrected chi connectivity index (χ2v) is 11.6. The Morgan fingerprint density at radius 1 is 1.09 bits per heavy atom. The number of thiophene rings is 1. The predicted octanol–water partition coefficient (Wildman–Crippen LogP) is 5.55. The van der Waals surface area contributed by atoms with E-state index in [2.05, 4.69) is 5.32 Å². The van der Waals surface area contributed by atoms with Gasteiger partial charge in [0.05, 0.1) is 22.8 Å². The average molecular weight is 553 g/mol. The molecular formula is C24H22Cl2N2O5S2. The zero-order valence-electron chi connectivity index (χ0n) is 18.7. The van der Waals surface area contributed by atoms with Crippen LogP contribution in [0, 0.1) is 0 Å². The third-order valence-corrected chi connectivity index (χ3v) is 8.84. The van der Waals surface area contributed by atoms with E-state index < -0.39 is 28.4 Å². The smallest absolute Gasteiger partial charge is 0.341 e. The Hall–Kier alpha value is -2.59. The first kappa shape index (κ1) is 25.5. The lowest BCUT2D eigenvalue weighted by atomic mass is 10.1. The molecule has 11 heteroatoms. The molecule has 1 aromatic heterocycles. The summed E-state index contributed by atoms with van der Waals surface area (Å²) in [6, 6.07) is 12.1. The molecule has 1 N–H and O–H groups in total. The van der Waals surface area contributed by atoms with Crippen LogP contribution in [0.3, 0.4) is 0 Å². The molecule has 0 saturated heterocycles. The number of carbonyl (C=O) groups is 2. The molecule has 7 nitrogen and oxygen atoms in total. The van der Waals surface area contributed by atoms with Crippen LogP contribution in [0.25, 0.3) is 0 Å². The van der Waals surface area contributed by atoms with Gasteiger partial charge in [0.1, 0.15) is 11.5 Å². The molecule has 4 rings (SSSR count). The number of fused-ring (bicyclic) bond motifs is 1. The monoisotopic (exact) mass is 552 g/mol. The Morgan fingerprint density at radius 2 is 1.77 bits per heavy atom. The maximum absolute atomic E-state index is 13.5. The second-order valence-electron chi connectivity index (χ2n) is 7.78. The van der Waals surface area contributed by atoms with Crippen molar-refractivity contribution in [2.45, 2.75) is 31.1 Å². The van der Waals surface area contributed by atoms with Crippen LogP contribution in [0.4, 0.5) is 10.7 Å². The highest BCUT2D eigenvalue weighted by molar-refractivity contribution is 7.92. The van der Waals surface area contributed by atoms with Crippen molar-refractivity contribution < 1.29 is 22.7 Å². The van der Waals surface area contributed by atoms with Gasteiger partial charge >= 0.3 is 5.97 Å². The number of esters is 1. The zero-order chi connectivity index (χ0) is 25.2. The Bertz CT molecular complexity index is 1350. The summed E-state index contributed by atoms with van der Waals surface area (Å²) in [6.45, 7) is 1.36. The largest absolute Gasteiger partial charge is 0.462 e. The minimum absolute atomic E-state index is 0.00575. The summed E-state index contributed by atoms with van der Waals surface area (Å²) in [5.74, 6) is -1.12. The van der Waals surface area contributed by atoms with Crippen LogP contribution < -0.4 is 9.62 Å². The summed E-state index contributed by atoms with van der Waals surface area (Å²) in [4.78, 5) is 26.8. The highest BCUT2D eigenvalue weighted by Crippen LogP contribution is 2.39. The van der Waals surface area contributed by atoms with E-state index in [0.717, 1.165) is 34.0 Å². The molecule has 1 heterocycles. The first-order valence-electron chi connectivity index (χ1n) is 10.9. The molecule has 0 bridgehead atoms. The highest BCUT2D eigenvalue weighted by atomic mass is 35.5. The zero-order valence-corrected chi connectivity index (χ0v) is 21.9. The fourth-order valence-electron chi connectivity index (χ4n) is 3.93. The van der Waals surface area contributed by atoms with Crippen LogP contribution in [-0.4, -0.2) is 33.4 Å². The van der Waals surface area contributed by atoms with Gasteiger partial charge in [0.25, 0.3) is 10.0 Å². The molecule has 0 radical (unpaired) electrons. The van der Waals surface area contributed by atoms with Crippen molar-refractivity contribution in [3.8, 4) is 0 Å². The van der Waals surface area contributed by atoms with Gasteiger partial charge in [0.15, 0.2) is 0 Å². The lowest BCUT2D eigenvalue weighted by Crippen LogP contribution is -2.38. The molecule has 35 heavy (non-hydrogen) atoms. The third kappa shape index (κ3) is 5.48. The van der Waals surface area contributed by atoms with Crippen LogP contribution in [0.15, 0.2) is 53.4 Å². The molecule has 1 amide bonds. The van der Waals surface area contributed by atoms with Crippen LogP contribution in [0.2, 0.25) is 10.0 Å². The van der Waals surface area contributed by atoms with Crippen molar-refractivity contribution in [3.63, 3.8) is 0 Å². The quantitative estimate of drug-likeness (QED) is 0.369. The van der Waals surface area contributed by atoms with Crippen LogP contribution in [0.1, 0.15) is 34.1 Å². The van der Waals surface area contributed by atoms with Crippen LogP contribution in [-0.2, 0) is 32.4 Å². The minimum atomic E-state index is -4.14. The Kier molecular flexibility index (Phi) is 7.70. The Labute approximate surface area is 217 Å². The van der Waals surface area contributed by atoms with E-state index in [4.69, 9.17) is 27.9 Å². The summed E-state index contributed by atoms with van der Waals surface area (Å²) in [5, 5.41) is 3.54. The number of carbonyl (C=O) groups excluding carboxylic acids is 2. The fourth-order valence-corrected chi connectivity index (χ4v) is 7.16. The first-order valence-corrected chi connectivity index (χ1v) is 13.9. The van der Waals surface area contributed by atoms with Crippen molar-refractivity contribution >= 4 is 67.1 Å². The number of halogens is 2. The van der Waals surface area contributed by atoms with Crippen molar-refractivity contribution in [3.05, 3.63) is 74.6 Å². The molecule has 0 spiro atoms. The number of anilines is 2. The number of nitrogens with one attached hydrogen (secondary N) is 1. The summed E-state index contributed by atoms with van der Waals surface area (Å²) in [7, 11) is -4.14. The standard InChI is InChI=1S/C24H22Cl2N2O5S2/c1-2-33-24(30)22-19-9-6-10-20(19)34-23(22)27-21(29)14-28(17-12-15(25)11-16(26)13-17)35(31,32)18-7-4-3-5-8-18/h3-5,7-8,11-13H,2,6,9-10,14H2,1H3,(H,27,29). The predicted molar refractivity (Wildman–Crippen MR) is 138 cm³/mol. The van der Waals surface area contributed by atoms with Crippen molar-refractivity contribution in [2.75, 3.05) is 22.8 Å². The molecule has 0 atom stereocenters. The van der Waals surface area contributed by atoms with Crippen LogP contribution in [0.5, 0.6) is 0 Å². The molecular weight excluding hydrogens is 531 g/mol. The van der Waals surface area contributed by atoms with Gasteiger partial charge in [-0.15, -0.1) is 11.3 Å². The Balaban J connectivity index is 1.68. The van der Waals surface area contributed by atoms with E-state index in [0.29, 0.717) is 10.6 Å². The number of sulfonamides is 1. The second kappa shape index (κ2) is 10.6. The lowest BCUT2D eigenvalue weighted by Gasteiger charge is -2.24. The molecule has 2 aromatic carbocycles. The van der Waals surface area contributed by atoms with E-state index >= 15 is 0 Å². The van der Waals surface area contributed by atoms with E-state index in [-0.39, 0.29) is 27.2 Å². The molecule has 184 valence electrons. The number of aryl methyl sites for hydroxylation is 1. The fraction of sp³-hybridized carbons (Fsp3) is 0.250. The number of nitrogens with zero attached hydrogens (tertiary/aromatic N) is 1. The maximum atomic E-state index is 13.5. The Morgan fingerprint density at radius 3 is 2.43 bits per heavy atom. The van der Waals surface area contributed by atoms with Crippen molar-refractivity contribution in [2.24, 2.45) is 0 Å². The molecule has 0 aliphatic heterocycles. The van der Waals surface area contributed by atoms with Crippen molar-refractivity contribution in [1.82, 2.24) is 0 Å². The number of rotatable bonds is 8. The highest BCUT2D eigenvalue weighted by Gasteiger charge is 2.31. The normalized spacial score (nSPS) is 12.8. The van der Waals surface area contributed by atoms with E-state index in [9.17, 15) is 18.0 Å². The van der Waals surface area contributed by atoms with E-state index in [1.807, 2.05) is 0 Å². The van der Waals surface area contributed by atoms with Gasteiger partial charge in [0.2, 0.25) is 5.91 Å². The van der Waals surface area contributed by atoms with Gasteiger partial charge in [-0.25, -0.2) is 13.2 Å². The van der Waals surface area contributed by atoms with Gasteiger partial charge in [-0.1, -0.05) is 41.4 Å². The van der Waals surface area contributed by atoms with Gasteiger partial charge in [-0.3, -0.25) is 9.10 Å².